The first-order chi connectivity index (χ1) is 9.22. The zero-order valence-corrected chi connectivity index (χ0v) is 12.5. The van der Waals surface area contributed by atoms with Gasteiger partial charge in [0.2, 0.25) is 0 Å². The Morgan fingerprint density at radius 2 is 2.26 bits per heavy atom. The molecular formula is C15H20N2OS. The minimum Gasteiger partial charge on any atom is -0.497 e. The molecule has 0 saturated heterocycles. The number of aryl methyl sites for hydroxylation is 1. The Morgan fingerprint density at radius 3 is 2.95 bits per heavy atom. The van der Waals surface area contributed by atoms with Crippen molar-refractivity contribution in [2.45, 2.75) is 32.9 Å². The van der Waals surface area contributed by atoms with Gasteiger partial charge in [-0.25, -0.2) is 4.98 Å². The number of rotatable bonds is 6. The lowest BCUT2D eigenvalue weighted by Crippen LogP contribution is -2.18. The van der Waals surface area contributed by atoms with Crippen LogP contribution in [-0.2, 0) is 13.0 Å². The standard InChI is InChI=1S/C15H20N2OS/c1-4-15-17-13(10-19-15)9-16-11(2)12-6-5-7-14(8-12)18-3/h5-8,10-11,16H,4,9H2,1-3H3/t11-/m1/s1. The molecule has 0 amide bonds. The van der Waals surface area contributed by atoms with Crippen molar-refractivity contribution >= 4 is 11.3 Å². The van der Waals surface area contributed by atoms with Gasteiger partial charge in [0, 0.05) is 18.0 Å². The Balaban J connectivity index is 1.94. The predicted molar refractivity (Wildman–Crippen MR) is 79.7 cm³/mol. The van der Waals surface area contributed by atoms with Crippen LogP contribution in [0.5, 0.6) is 5.75 Å². The molecule has 1 atom stereocenters. The van der Waals surface area contributed by atoms with Gasteiger partial charge >= 0.3 is 0 Å². The molecule has 102 valence electrons. The molecule has 0 saturated carbocycles. The molecule has 0 fully saturated rings. The highest BCUT2D eigenvalue weighted by atomic mass is 32.1. The minimum atomic E-state index is 0.280. The minimum absolute atomic E-state index is 0.280. The average Bonchev–Trinajstić information content (AvgIpc) is 2.93. The summed E-state index contributed by atoms with van der Waals surface area (Å²) in [6.07, 6.45) is 1.01. The average molecular weight is 276 g/mol. The van der Waals surface area contributed by atoms with E-state index in [9.17, 15) is 0 Å². The number of benzene rings is 1. The maximum Gasteiger partial charge on any atom is 0.119 e. The van der Waals surface area contributed by atoms with Gasteiger partial charge in [-0.05, 0) is 31.0 Å². The molecular weight excluding hydrogens is 256 g/mol. The largest absolute Gasteiger partial charge is 0.497 e. The number of thiazole rings is 1. The van der Waals surface area contributed by atoms with Crippen LogP contribution in [0, 0.1) is 0 Å². The van der Waals surface area contributed by atoms with Crippen molar-refractivity contribution in [3.8, 4) is 5.75 Å². The predicted octanol–water partition coefficient (Wildman–Crippen LogP) is 3.56. The van der Waals surface area contributed by atoms with Crippen LogP contribution in [0.2, 0.25) is 0 Å². The lowest BCUT2D eigenvalue weighted by atomic mass is 10.1. The molecule has 4 heteroatoms. The van der Waals surface area contributed by atoms with Crippen LogP contribution in [-0.4, -0.2) is 12.1 Å². The van der Waals surface area contributed by atoms with Crippen molar-refractivity contribution in [3.05, 3.63) is 45.9 Å². The van der Waals surface area contributed by atoms with Gasteiger partial charge in [-0.1, -0.05) is 19.1 Å². The fourth-order valence-electron chi connectivity index (χ4n) is 1.88. The van der Waals surface area contributed by atoms with Crippen molar-refractivity contribution in [1.82, 2.24) is 10.3 Å². The first-order valence-electron chi connectivity index (χ1n) is 6.53. The molecule has 2 rings (SSSR count). The summed E-state index contributed by atoms with van der Waals surface area (Å²) in [7, 11) is 1.69. The third-order valence-electron chi connectivity index (χ3n) is 3.08. The van der Waals surface area contributed by atoms with E-state index in [0.717, 1.165) is 24.4 Å². The summed E-state index contributed by atoms with van der Waals surface area (Å²) in [5.41, 5.74) is 2.35. The number of nitrogens with zero attached hydrogens (tertiary/aromatic N) is 1. The van der Waals surface area contributed by atoms with E-state index in [-0.39, 0.29) is 6.04 Å². The van der Waals surface area contributed by atoms with E-state index in [1.165, 1.54) is 10.6 Å². The second kappa shape index (κ2) is 6.68. The van der Waals surface area contributed by atoms with Gasteiger partial charge in [0.25, 0.3) is 0 Å². The molecule has 19 heavy (non-hydrogen) atoms. The highest BCUT2D eigenvalue weighted by Gasteiger charge is 2.07. The molecule has 0 unspecified atom stereocenters. The molecule has 2 aromatic rings. The fourth-order valence-corrected chi connectivity index (χ4v) is 2.62. The summed E-state index contributed by atoms with van der Waals surface area (Å²) >= 11 is 1.73. The Hall–Kier alpha value is -1.39. The van der Waals surface area contributed by atoms with E-state index in [0.29, 0.717) is 0 Å². The first-order valence-corrected chi connectivity index (χ1v) is 7.41. The fraction of sp³-hybridized carbons (Fsp3) is 0.400. The van der Waals surface area contributed by atoms with Crippen LogP contribution in [0.15, 0.2) is 29.6 Å². The molecule has 0 aliphatic carbocycles. The maximum absolute atomic E-state index is 5.25. The van der Waals surface area contributed by atoms with E-state index >= 15 is 0 Å². The SMILES string of the molecule is CCc1nc(CN[C@H](C)c2cccc(OC)c2)cs1. The third-order valence-corrected chi connectivity index (χ3v) is 4.13. The van der Waals surface area contributed by atoms with Gasteiger partial charge in [-0.3, -0.25) is 0 Å². The lowest BCUT2D eigenvalue weighted by molar-refractivity contribution is 0.413. The molecule has 0 aliphatic rings. The number of hydrogen-bond acceptors (Lipinski definition) is 4. The van der Waals surface area contributed by atoms with Crippen LogP contribution < -0.4 is 10.1 Å². The second-order valence-electron chi connectivity index (χ2n) is 4.47. The summed E-state index contributed by atoms with van der Waals surface area (Å²) in [5.74, 6) is 0.896. The number of methoxy groups -OCH3 is 1. The summed E-state index contributed by atoms with van der Waals surface area (Å²) in [6, 6.07) is 8.44. The molecule has 1 aromatic heterocycles. The zero-order valence-electron chi connectivity index (χ0n) is 11.6. The van der Waals surface area contributed by atoms with Crippen molar-refractivity contribution in [2.75, 3.05) is 7.11 Å². The highest BCUT2D eigenvalue weighted by Crippen LogP contribution is 2.19. The normalized spacial score (nSPS) is 12.4. The highest BCUT2D eigenvalue weighted by molar-refractivity contribution is 7.09. The van der Waals surface area contributed by atoms with Gasteiger partial charge < -0.3 is 10.1 Å². The Bertz CT molecular complexity index is 524. The summed E-state index contributed by atoms with van der Waals surface area (Å²) < 4.78 is 5.25. The maximum atomic E-state index is 5.25. The van der Waals surface area contributed by atoms with Crippen LogP contribution in [0.3, 0.4) is 0 Å². The number of aromatic nitrogens is 1. The molecule has 0 radical (unpaired) electrons. The Kier molecular flexibility index (Phi) is 4.93. The Morgan fingerprint density at radius 1 is 1.42 bits per heavy atom. The summed E-state index contributed by atoms with van der Waals surface area (Å²) in [5, 5.41) is 6.82. The van der Waals surface area contributed by atoms with E-state index in [4.69, 9.17) is 4.74 Å². The monoisotopic (exact) mass is 276 g/mol. The van der Waals surface area contributed by atoms with Crippen LogP contribution in [0.1, 0.15) is 36.2 Å². The van der Waals surface area contributed by atoms with Crippen LogP contribution in [0.4, 0.5) is 0 Å². The molecule has 0 bridgehead atoms. The number of ether oxygens (including phenoxy) is 1. The van der Waals surface area contributed by atoms with E-state index in [1.54, 1.807) is 18.4 Å². The molecule has 1 aromatic carbocycles. The smallest absolute Gasteiger partial charge is 0.119 e. The second-order valence-corrected chi connectivity index (χ2v) is 5.41. The van der Waals surface area contributed by atoms with Gasteiger partial charge in [0.05, 0.1) is 17.8 Å². The number of hydrogen-bond donors (Lipinski definition) is 1. The lowest BCUT2D eigenvalue weighted by Gasteiger charge is -2.14. The van der Waals surface area contributed by atoms with Crippen LogP contribution in [0.25, 0.3) is 0 Å². The summed E-state index contributed by atoms with van der Waals surface area (Å²) in [6.45, 7) is 5.09. The third kappa shape index (κ3) is 3.78. The summed E-state index contributed by atoms with van der Waals surface area (Å²) in [4.78, 5) is 4.56. The topological polar surface area (TPSA) is 34.2 Å². The zero-order chi connectivity index (χ0) is 13.7. The van der Waals surface area contributed by atoms with E-state index < -0.39 is 0 Å². The van der Waals surface area contributed by atoms with Crippen molar-refractivity contribution < 1.29 is 4.74 Å². The van der Waals surface area contributed by atoms with E-state index in [1.807, 2.05) is 12.1 Å². The van der Waals surface area contributed by atoms with Gasteiger partial charge in [-0.2, -0.15) is 0 Å². The Labute approximate surface area is 118 Å². The molecule has 1 heterocycles. The number of nitrogens with one attached hydrogen (secondary N) is 1. The van der Waals surface area contributed by atoms with Gasteiger partial charge in [0.15, 0.2) is 0 Å². The molecule has 3 nitrogen and oxygen atoms in total. The quantitative estimate of drug-likeness (QED) is 0.876. The van der Waals surface area contributed by atoms with Gasteiger partial charge in [0.1, 0.15) is 5.75 Å². The molecule has 1 N–H and O–H groups in total. The van der Waals surface area contributed by atoms with Crippen LogP contribution >= 0.6 is 11.3 Å². The molecule has 0 aliphatic heterocycles. The van der Waals surface area contributed by atoms with Crippen molar-refractivity contribution in [3.63, 3.8) is 0 Å². The van der Waals surface area contributed by atoms with Gasteiger partial charge in [-0.15, -0.1) is 11.3 Å². The van der Waals surface area contributed by atoms with Crippen molar-refractivity contribution in [2.24, 2.45) is 0 Å². The molecule has 0 spiro atoms. The first kappa shape index (κ1) is 14.0. The van der Waals surface area contributed by atoms with E-state index in [2.05, 4.69) is 41.7 Å². The van der Waals surface area contributed by atoms with Crippen molar-refractivity contribution in [1.29, 1.82) is 0 Å².